The zero-order chi connectivity index (χ0) is 10.7. The molecule has 1 rings (SSSR count). The van der Waals surface area contributed by atoms with Crippen LogP contribution in [0, 0.1) is 0 Å². The number of aromatic amines is 1. The van der Waals surface area contributed by atoms with E-state index in [1.165, 1.54) is 6.39 Å². The molecule has 0 aliphatic carbocycles. The van der Waals surface area contributed by atoms with E-state index in [0.29, 0.717) is 0 Å². The van der Waals surface area contributed by atoms with Gasteiger partial charge in [-0.25, -0.2) is 0 Å². The van der Waals surface area contributed by atoms with Gasteiger partial charge < -0.3 is 14.3 Å². The van der Waals surface area contributed by atoms with Crippen LogP contribution < -0.4 is 10.1 Å². The zero-order valence-corrected chi connectivity index (χ0v) is 7.60. The molecule has 74 valence electrons. The fourth-order valence-corrected chi connectivity index (χ4v) is 0.196. The van der Waals surface area contributed by atoms with Gasteiger partial charge in [-0.2, -0.15) is 4.98 Å². The molecule has 7 nitrogen and oxygen atoms in total. The molecule has 1 heterocycles. The van der Waals surface area contributed by atoms with E-state index in [4.69, 9.17) is 24.3 Å². The van der Waals surface area contributed by atoms with Crippen molar-refractivity contribution in [3.8, 4) is 0 Å². The second-order valence-electron chi connectivity index (χ2n) is 1.47. The van der Waals surface area contributed by atoms with Crippen molar-refractivity contribution in [1.29, 1.82) is 0 Å². The quantitative estimate of drug-likeness (QED) is 0.501. The first-order valence-electron chi connectivity index (χ1n) is 2.87. The topological polar surface area (TPSA) is 125 Å². The summed E-state index contributed by atoms with van der Waals surface area (Å²) < 4.78 is 13.2. The van der Waals surface area contributed by atoms with E-state index in [1.807, 2.05) is 0 Å². The highest BCUT2D eigenvalue weighted by Crippen LogP contribution is 1.98. The van der Waals surface area contributed by atoms with Gasteiger partial charge in [0.25, 0.3) is 0 Å². The van der Waals surface area contributed by atoms with Crippen molar-refractivity contribution < 1.29 is 33.7 Å². The number of oxazole rings is 1. The number of aromatic nitrogens is 1. The summed E-state index contributed by atoms with van der Waals surface area (Å²) in [5, 5.41) is 8.89. The van der Waals surface area contributed by atoms with Gasteiger partial charge in [-0.1, -0.05) is 0 Å². The summed E-state index contributed by atoms with van der Waals surface area (Å²) in [6, 6.07) is 0. The molecule has 0 bridgehead atoms. The molecule has 0 radical (unpaired) electrons. The summed E-state index contributed by atoms with van der Waals surface area (Å²) >= 11 is 0. The molecule has 0 aromatic carbocycles. The predicted molar refractivity (Wildman–Crippen MR) is 38.0 cm³/mol. The Morgan fingerprint density at radius 1 is 1.62 bits per heavy atom. The zero-order valence-electron chi connectivity index (χ0n) is 6.71. The molecule has 0 spiro atoms. The third-order valence-corrected chi connectivity index (χ3v) is 0.379. The number of nitrogens with one attached hydrogen (secondary N) is 1. The fraction of sp³-hybridized carbons (Fsp3) is 0.200. The summed E-state index contributed by atoms with van der Waals surface area (Å²) in [6.07, 6.45) is 4.78. The molecule has 0 aliphatic rings. The summed E-state index contributed by atoms with van der Waals surface area (Å²) in [5.41, 5.74) is 0. The average molecular weight is 210 g/mol. The minimum atomic E-state index is -2.87. The van der Waals surface area contributed by atoms with Crippen molar-refractivity contribution in [2.75, 3.05) is 0 Å². The Morgan fingerprint density at radius 2 is 2.00 bits per heavy atom. The second kappa shape index (κ2) is 10.7. The van der Waals surface area contributed by atoms with Gasteiger partial charge in [-0.3, -0.25) is 0 Å². The molecular formula is C5H9NO6P+. The van der Waals surface area contributed by atoms with Crippen molar-refractivity contribution in [2.45, 2.75) is 6.92 Å². The van der Waals surface area contributed by atoms with Crippen LogP contribution in [0.1, 0.15) is 6.92 Å². The molecule has 0 unspecified atom stereocenters. The number of aliphatic carboxylic acids is 1. The van der Waals surface area contributed by atoms with Gasteiger partial charge in [0.15, 0.2) is 6.26 Å². The standard InChI is InChI=1S/C3H3NO.C2H4O2.HO3P/c1-2-5-3-4-1;1-2(3)4;1-4(2)3/h1-3H;1H3,(H,3,4);(H-,1,2,3)/p+1. The number of carbonyl (C=O) groups excluding carboxylic acids is 1. The lowest BCUT2D eigenvalue weighted by molar-refractivity contribution is -0.383. The van der Waals surface area contributed by atoms with Gasteiger partial charge in [0.2, 0.25) is 6.20 Å². The highest BCUT2D eigenvalue weighted by atomic mass is 31.1. The molecule has 8 heteroatoms. The second-order valence-corrected chi connectivity index (χ2v) is 1.97. The van der Waals surface area contributed by atoms with Crippen molar-refractivity contribution in [3.05, 3.63) is 18.9 Å². The number of rotatable bonds is 0. The van der Waals surface area contributed by atoms with Crippen LogP contribution in [-0.2, 0) is 9.36 Å². The SMILES string of the molecule is CC(=O)[O-].O=[P+](O)O.c1coc[nH+]1. The lowest BCUT2D eigenvalue weighted by Gasteiger charge is -1.77. The van der Waals surface area contributed by atoms with Crippen LogP contribution in [0.25, 0.3) is 0 Å². The number of carboxylic acids is 1. The van der Waals surface area contributed by atoms with E-state index >= 15 is 0 Å². The van der Waals surface area contributed by atoms with Crippen LogP contribution in [0.2, 0.25) is 0 Å². The number of hydrogen-bond acceptors (Lipinski definition) is 4. The third kappa shape index (κ3) is 59.2. The van der Waals surface area contributed by atoms with Crippen molar-refractivity contribution >= 4 is 14.2 Å². The normalized spacial score (nSPS) is 7.00. The third-order valence-electron chi connectivity index (χ3n) is 0.379. The molecule has 0 saturated carbocycles. The molecule has 1 aromatic heterocycles. The number of H-pyrrole nitrogens is 1. The summed E-state index contributed by atoms with van der Waals surface area (Å²) in [7, 11) is -2.87. The maximum absolute atomic E-state index is 8.89. The Bertz CT molecular complexity index is 186. The van der Waals surface area contributed by atoms with Crippen molar-refractivity contribution in [3.63, 3.8) is 0 Å². The highest BCUT2D eigenvalue weighted by molar-refractivity contribution is 7.30. The van der Waals surface area contributed by atoms with E-state index in [2.05, 4.69) is 9.40 Å². The van der Waals surface area contributed by atoms with Gasteiger partial charge in [-0.15, -0.1) is 9.79 Å². The monoisotopic (exact) mass is 210 g/mol. The van der Waals surface area contributed by atoms with Crippen LogP contribution in [0.5, 0.6) is 0 Å². The Balaban J connectivity index is 0. The first kappa shape index (κ1) is 14.2. The largest absolute Gasteiger partial charge is 0.692 e. The molecule has 0 atom stereocenters. The van der Waals surface area contributed by atoms with Crippen molar-refractivity contribution in [1.82, 2.24) is 0 Å². The Hall–Kier alpha value is -1.30. The predicted octanol–water partition coefficient (Wildman–Crippen LogP) is -1.52. The lowest BCUT2D eigenvalue weighted by atomic mass is 10.9. The van der Waals surface area contributed by atoms with E-state index in [-0.39, 0.29) is 0 Å². The minimum absolute atomic E-state index is 0.972. The van der Waals surface area contributed by atoms with Crippen molar-refractivity contribution in [2.24, 2.45) is 0 Å². The molecule has 1 aromatic rings. The van der Waals surface area contributed by atoms with Gasteiger partial charge in [-0.05, 0) is 6.92 Å². The van der Waals surface area contributed by atoms with E-state index in [0.717, 1.165) is 6.92 Å². The average Bonchev–Trinajstić information content (AvgIpc) is 2.35. The number of carboxylic acid groups (broad SMARTS) is 1. The van der Waals surface area contributed by atoms with Gasteiger partial charge in [0.05, 0.1) is 0 Å². The van der Waals surface area contributed by atoms with Crippen LogP contribution in [0.4, 0.5) is 0 Å². The number of carbonyl (C=O) groups is 1. The van der Waals surface area contributed by atoms with Crippen LogP contribution in [0.15, 0.2) is 23.3 Å². The van der Waals surface area contributed by atoms with Crippen LogP contribution in [0.3, 0.4) is 0 Å². The van der Waals surface area contributed by atoms with Gasteiger partial charge in [0, 0.05) is 10.5 Å². The number of hydrogen-bond donors (Lipinski definition) is 2. The fourth-order valence-electron chi connectivity index (χ4n) is 0.196. The molecule has 13 heavy (non-hydrogen) atoms. The molecule has 0 aliphatic heterocycles. The summed E-state index contributed by atoms with van der Waals surface area (Å²) in [5.74, 6) is -1.08. The first-order chi connectivity index (χ1) is 5.96. The van der Waals surface area contributed by atoms with Crippen LogP contribution in [-0.4, -0.2) is 15.8 Å². The molecule has 3 N–H and O–H groups in total. The van der Waals surface area contributed by atoms with E-state index < -0.39 is 14.2 Å². The molecule has 0 amide bonds. The Kier molecular flexibility index (Phi) is 11.7. The van der Waals surface area contributed by atoms with Gasteiger partial charge >= 0.3 is 14.6 Å². The maximum Gasteiger partial charge on any atom is 0.692 e. The smallest absolute Gasteiger partial charge is 0.550 e. The molecule has 0 fully saturated rings. The van der Waals surface area contributed by atoms with Crippen LogP contribution >= 0.6 is 8.25 Å². The van der Waals surface area contributed by atoms with E-state index in [9.17, 15) is 0 Å². The Morgan fingerprint density at radius 3 is 2.08 bits per heavy atom. The molecule has 0 saturated heterocycles. The van der Waals surface area contributed by atoms with Gasteiger partial charge in [0.1, 0.15) is 0 Å². The minimum Gasteiger partial charge on any atom is -0.550 e. The molecular weight excluding hydrogens is 201 g/mol. The lowest BCUT2D eigenvalue weighted by Crippen LogP contribution is -2.16. The first-order valence-corrected chi connectivity index (χ1v) is 4.04. The summed E-state index contributed by atoms with van der Waals surface area (Å²) in [6.45, 7) is 0.972. The highest BCUT2D eigenvalue weighted by Gasteiger charge is 1.93. The van der Waals surface area contributed by atoms with E-state index in [1.54, 1.807) is 12.5 Å². The maximum atomic E-state index is 8.89. The summed E-state index contributed by atoms with van der Waals surface area (Å²) in [4.78, 5) is 25.8. The Labute approximate surface area is 74.6 Å².